The van der Waals surface area contributed by atoms with Crippen LogP contribution >= 0.6 is 0 Å². The standard InChI is InChI=1S/C35H40FN5O4/c1-43-31-6-3-24(15-33(31)44-2)22-39-11-13-41(14-12-39)27-18-35(19-27)7-9-40(10-8-35)26-5-4-25(23-42)32(16-26)45-28-17-29-30(36)21-38-34(29)37-20-28/h3-6,15-17,20-21,23,27H,7-14,18-19,22H2,1-2H3,(H,37,38). The highest BCUT2D eigenvalue weighted by atomic mass is 19.1. The summed E-state index contributed by atoms with van der Waals surface area (Å²) in [6, 6.07) is 14.2. The zero-order valence-corrected chi connectivity index (χ0v) is 25.9. The number of piperazine rings is 1. The van der Waals surface area contributed by atoms with Gasteiger partial charge in [-0.2, -0.15) is 0 Å². The number of anilines is 1. The van der Waals surface area contributed by atoms with E-state index in [1.807, 2.05) is 18.2 Å². The van der Waals surface area contributed by atoms with Crippen molar-refractivity contribution in [2.45, 2.75) is 38.3 Å². The van der Waals surface area contributed by atoms with Crippen molar-refractivity contribution in [3.05, 3.63) is 71.8 Å². The molecule has 45 heavy (non-hydrogen) atoms. The summed E-state index contributed by atoms with van der Waals surface area (Å²) < 4.78 is 31.0. The first-order valence-corrected chi connectivity index (χ1v) is 15.8. The van der Waals surface area contributed by atoms with Gasteiger partial charge in [0.25, 0.3) is 0 Å². The van der Waals surface area contributed by atoms with E-state index in [1.165, 1.54) is 43.6 Å². The average Bonchev–Trinajstić information content (AvgIpc) is 3.43. The van der Waals surface area contributed by atoms with Gasteiger partial charge < -0.3 is 24.1 Å². The third kappa shape index (κ3) is 5.96. The maximum absolute atomic E-state index is 14.1. The van der Waals surface area contributed by atoms with Gasteiger partial charge in [0, 0.05) is 69.8 Å². The van der Waals surface area contributed by atoms with Gasteiger partial charge in [-0.1, -0.05) is 6.07 Å². The van der Waals surface area contributed by atoms with Crippen LogP contribution in [-0.2, 0) is 6.54 Å². The fraction of sp³-hybridized carbons (Fsp3) is 0.429. The number of aldehydes is 1. The van der Waals surface area contributed by atoms with Crippen molar-refractivity contribution >= 4 is 23.0 Å². The molecule has 7 rings (SSSR count). The first-order chi connectivity index (χ1) is 22.0. The Labute approximate surface area is 262 Å². The molecule has 1 aliphatic carbocycles. The molecule has 0 amide bonds. The van der Waals surface area contributed by atoms with Crippen molar-refractivity contribution in [3.63, 3.8) is 0 Å². The molecule has 2 aliphatic heterocycles. The number of rotatable bonds is 9. The number of methoxy groups -OCH3 is 2. The highest BCUT2D eigenvalue weighted by Gasteiger charge is 2.48. The number of H-pyrrole nitrogens is 1. The van der Waals surface area contributed by atoms with Gasteiger partial charge in [0.2, 0.25) is 0 Å². The second-order valence-electron chi connectivity index (χ2n) is 12.7. The Morgan fingerprint density at radius 2 is 1.73 bits per heavy atom. The van der Waals surface area contributed by atoms with E-state index in [0.717, 1.165) is 69.3 Å². The number of ether oxygens (including phenoxy) is 3. The van der Waals surface area contributed by atoms with Crippen molar-refractivity contribution in [1.82, 2.24) is 19.8 Å². The maximum atomic E-state index is 14.1. The molecule has 0 bridgehead atoms. The number of halogens is 1. The normalized spacial score (nSPS) is 19.0. The number of aromatic nitrogens is 2. The average molecular weight is 614 g/mol. The third-order valence-electron chi connectivity index (χ3n) is 10.1. The zero-order valence-electron chi connectivity index (χ0n) is 25.9. The van der Waals surface area contributed by atoms with E-state index in [0.29, 0.717) is 39.6 Å². The fourth-order valence-corrected chi connectivity index (χ4v) is 7.41. The molecule has 1 spiro atoms. The number of hydrogen-bond acceptors (Lipinski definition) is 8. The van der Waals surface area contributed by atoms with Gasteiger partial charge in [-0.05, 0) is 67.0 Å². The van der Waals surface area contributed by atoms with Crippen LogP contribution in [0.5, 0.6) is 23.0 Å². The zero-order chi connectivity index (χ0) is 31.0. The van der Waals surface area contributed by atoms with Gasteiger partial charge in [0.15, 0.2) is 17.8 Å². The lowest BCUT2D eigenvalue weighted by Gasteiger charge is -2.56. The van der Waals surface area contributed by atoms with E-state index >= 15 is 0 Å². The van der Waals surface area contributed by atoms with Crippen LogP contribution in [0.2, 0.25) is 0 Å². The Balaban J connectivity index is 0.910. The van der Waals surface area contributed by atoms with E-state index in [1.54, 1.807) is 26.4 Å². The van der Waals surface area contributed by atoms with Crippen LogP contribution in [0.3, 0.4) is 0 Å². The molecule has 9 nitrogen and oxygen atoms in total. The number of carbonyl (C=O) groups excluding carboxylic acids is 1. The largest absolute Gasteiger partial charge is 0.493 e. The third-order valence-corrected chi connectivity index (χ3v) is 10.1. The second-order valence-corrected chi connectivity index (χ2v) is 12.7. The van der Waals surface area contributed by atoms with E-state index in [-0.39, 0.29) is 5.82 Å². The van der Waals surface area contributed by atoms with E-state index in [4.69, 9.17) is 14.2 Å². The molecule has 2 aromatic heterocycles. The van der Waals surface area contributed by atoms with Gasteiger partial charge in [-0.15, -0.1) is 0 Å². The van der Waals surface area contributed by atoms with Gasteiger partial charge >= 0.3 is 0 Å². The van der Waals surface area contributed by atoms with Crippen LogP contribution in [-0.4, -0.2) is 85.6 Å². The van der Waals surface area contributed by atoms with Gasteiger partial charge in [0.1, 0.15) is 23.0 Å². The van der Waals surface area contributed by atoms with Crippen LogP contribution < -0.4 is 19.1 Å². The number of hydrogen-bond donors (Lipinski definition) is 1. The Morgan fingerprint density at radius 3 is 2.47 bits per heavy atom. The summed E-state index contributed by atoms with van der Waals surface area (Å²) in [5.41, 5.74) is 3.63. The number of pyridine rings is 1. The molecule has 4 aromatic rings. The summed E-state index contributed by atoms with van der Waals surface area (Å²) in [4.78, 5) is 26.4. The van der Waals surface area contributed by atoms with Crippen LogP contribution in [0.4, 0.5) is 10.1 Å². The number of carbonyl (C=O) groups is 1. The van der Waals surface area contributed by atoms with E-state index < -0.39 is 0 Å². The Kier molecular flexibility index (Phi) is 8.10. The molecule has 0 unspecified atom stereocenters. The lowest BCUT2D eigenvalue weighted by molar-refractivity contribution is -0.0355. The first kappa shape index (κ1) is 29.6. The van der Waals surface area contributed by atoms with Crippen molar-refractivity contribution in [1.29, 1.82) is 0 Å². The molecule has 1 saturated carbocycles. The first-order valence-electron chi connectivity index (χ1n) is 15.8. The molecule has 10 heteroatoms. The lowest BCUT2D eigenvalue weighted by atomic mass is 9.60. The lowest BCUT2D eigenvalue weighted by Crippen LogP contribution is -2.59. The highest BCUT2D eigenvalue weighted by molar-refractivity contribution is 5.82. The minimum Gasteiger partial charge on any atom is -0.493 e. The van der Waals surface area contributed by atoms with Gasteiger partial charge in [-0.3, -0.25) is 14.6 Å². The molecule has 1 N–H and O–H groups in total. The topological polar surface area (TPSA) is 83.2 Å². The maximum Gasteiger partial charge on any atom is 0.161 e. The molecule has 2 saturated heterocycles. The van der Waals surface area contributed by atoms with E-state index in [9.17, 15) is 9.18 Å². The number of fused-ring (bicyclic) bond motifs is 1. The summed E-state index contributed by atoms with van der Waals surface area (Å²) in [7, 11) is 3.35. The van der Waals surface area contributed by atoms with Crippen molar-refractivity contribution in [2.75, 3.05) is 58.4 Å². The Hall–Kier alpha value is -4.15. The second kappa shape index (κ2) is 12.3. The molecule has 236 valence electrons. The monoisotopic (exact) mass is 613 g/mol. The van der Waals surface area contributed by atoms with Crippen LogP contribution in [0, 0.1) is 11.2 Å². The van der Waals surface area contributed by atoms with Crippen molar-refractivity contribution < 1.29 is 23.4 Å². The summed E-state index contributed by atoms with van der Waals surface area (Å²) >= 11 is 0. The number of nitrogens with one attached hydrogen (secondary N) is 1. The van der Waals surface area contributed by atoms with E-state index in [2.05, 4.69) is 36.8 Å². The summed E-state index contributed by atoms with van der Waals surface area (Å²) in [6.45, 7) is 7.28. The minimum absolute atomic E-state index is 0.355. The SMILES string of the molecule is COc1ccc(CN2CCN(C3CC4(CCN(c5ccc(C=O)c(Oc6cnc7[nH]cc(F)c7c6)c5)CC4)C3)CC2)cc1OC. The number of nitrogens with zero attached hydrogens (tertiary/aromatic N) is 4. The highest BCUT2D eigenvalue weighted by Crippen LogP contribution is 2.51. The minimum atomic E-state index is -0.388. The molecular weight excluding hydrogens is 573 g/mol. The quantitative estimate of drug-likeness (QED) is 0.234. The Morgan fingerprint density at radius 1 is 0.956 bits per heavy atom. The molecule has 4 heterocycles. The van der Waals surface area contributed by atoms with Crippen molar-refractivity contribution in [2.24, 2.45) is 5.41 Å². The Bertz CT molecular complexity index is 1670. The smallest absolute Gasteiger partial charge is 0.161 e. The number of aromatic amines is 1. The van der Waals surface area contributed by atoms with Crippen molar-refractivity contribution in [3.8, 4) is 23.0 Å². The predicted octanol–water partition coefficient (Wildman–Crippen LogP) is 5.89. The van der Waals surface area contributed by atoms with Gasteiger partial charge in [-0.25, -0.2) is 9.37 Å². The van der Waals surface area contributed by atoms with Crippen LogP contribution in [0.15, 0.2) is 54.9 Å². The van der Waals surface area contributed by atoms with Gasteiger partial charge in [0.05, 0.1) is 31.4 Å². The molecule has 0 atom stereocenters. The summed E-state index contributed by atoms with van der Waals surface area (Å²) in [5, 5.41) is 0.355. The molecule has 0 radical (unpaired) electrons. The number of piperidine rings is 1. The number of benzene rings is 2. The fourth-order valence-electron chi connectivity index (χ4n) is 7.41. The predicted molar refractivity (Wildman–Crippen MR) is 171 cm³/mol. The van der Waals surface area contributed by atoms with Crippen LogP contribution in [0.25, 0.3) is 11.0 Å². The van der Waals surface area contributed by atoms with Crippen LogP contribution in [0.1, 0.15) is 41.6 Å². The molecular formula is C35H40FN5O4. The molecule has 3 fully saturated rings. The molecule has 2 aromatic carbocycles. The summed E-state index contributed by atoms with van der Waals surface area (Å²) in [5.74, 6) is 2.01. The molecule has 3 aliphatic rings. The summed E-state index contributed by atoms with van der Waals surface area (Å²) in [6.07, 6.45) is 8.49.